The Morgan fingerprint density at radius 2 is 2.17 bits per heavy atom. The standard InChI is InChI=1S/C10H9NS/c1-2-5-10-9(4-1)8-12-7-3-6-11-10/h1-5,7-8H,6H2/b7-3-,9-8-,11-10-. The van der Waals surface area contributed by atoms with Crippen molar-refractivity contribution in [1.82, 2.24) is 0 Å². The molecule has 0 fully saturated rings. The van der Waals surface area contributed by atoms with Crippen molar-refractivity contribution in [2.75, 3.05) is 6.54 Å². The van der Waals surface area contributed by atoms with Crippen LogP contribution >= 0.6 is 11.8 Å². The molecule has 0 amide bonds. The first-order chi connectivity index (χ1) is 5.97. The molecule has 1 aliphatic heterocycles. The molecular formula is C10H9NS. The zero-order chi connectivity index (χ0) is 8.23. The van der Waals surface area contributed by atoms with Crippen molar-refractivity contribution in [3.63, 3.8) is 0 Å². The first-order valence-electron chi connectivity index (χ1n) is 3.87. The molecule has 2 rings (SSSR count). The maximum atomic E-state index is 4.42. The molecule has 0 N–H and O–H groups in total. The molecule has 1 heterocycles. The predicted octanol–water partition coefficient (Wildman–Crippen LogP) is 1.30. The number of hydrogen-bond acceptors (Lipinski definition) is 2. The number of hydrogen-bond donors (Lipinski definition) is 0. The lowest BCUT2D eigenvalue weighted by atomic mass is 10.3. The summed E-state index contributed by atoms with van der Waals surface area (Å²) < 4.78 is 0. The molecule has 0 saturated carbocycles. The number of para-hydroxylation sites is 1. The molecule has 0 bridgehead atoms. The van der Waals surface area contributed by atoms with Gasteiger partial charge in [0, 0.05) is 5.22 Å². The second-order valence-electron chi connectivity index (χ2n) is 2.53. The second kappa shape index (κ2) is 3.59. The lowest BCUT2D eigenvalue weighted by Gasteiger charge is -1.92. The summed E-state index contributed by atoms with van der Waals surface area (Å²) in [6.07, 6.45) is 2.07. The molecule has 0 aliphatic carbocycles. The highest BCUT2D eigenvalue weighted by atomic mass is 32.2. The van der Waals surface area contributed by atoms with Crippen molar-refractivity contribution in [1.29, 1.82) is 0 Å². The van der Waals surface area contributed by atoms with Gasteiger partial charge in [-0.1, -0.05) is 24.3 Å². The van der Waals surface area contributed by atoms with Crippen LogP contribution in [0.1, 0.15) is 0 Å². The minimum absolute atomic E-state index is 0.790. The Kier molecular flexibility index (Phi) is 2.28. The van der Waals surface area contributed by atoms with Crippen molar-refractivity contribution in [3.05, 3.63) is 46.3 Å². The highest BCUT2D eigenvalue weighted by molar-refractivity contribution is 8.09. The number of rotatable bonds is 0. The number of fused-ring (bicyclic) bond motifs is 1. The van der Waals surface area contributed by atoms with Gasteiger partial charge in [0.15, 0.2) is 0 Å². The van der Waals surface area contributed by atoms with Crippen LogP contribution in [0.4, 0.5) is 0 Å². The maximum Gasteiger partial charge on any atom is 0.0655 e. The van der Waals surface area contributed by atoms with Crippen LogP contribution in [0.3, 0.4) is 0 Å². The summed E-state index contributed by atoms with van der Waals surface area (Å²) in [5.74, 6) is 0. The van der Waals surface area contributed by atoms with Gasteiger partial charge in [-0.2, -0.15) is 0 Å². The lowest BCUT2D eigenvalue weighted by molar-refractivity contribution is 1.13. The van der Waals surface area contributed by atoms with Gasteiger partial charge in [0.1, 0.15) is 0 Å². The minimum Gasteiger partial charge on any atom is -0.281 e. The number of benzene rings is 1. The van der Waals surface area contributed by atoms with Gasteiger partial charge >= 0.3 is 0 Å². The van der Waals surface area contributed by atoms with Crippen LogP contribution < -0.4 is 10.6 Å². The van der Waals surface area contributed by atoms with Gasteiger partial charge in [-0.3, -0.25) is 4.99 Å². The van der Waals surface area contributed by atoms with Gasteiger partial charge in [-0.15, -0.1) is 11.8 Å². The monoisotopic (exact) mass is 175 g/mol. The van der Waals surface area contributed by atoms with E-state index in [4.69, 9.17) is 0 Å². The van der Waals surface area contributed by atoms with E-state index >= 15 is 0 Å². The Hall–Kier alpha value is -1.02. The van der Waals surface area contributed by atoms with E-state index in [1.807, 2.05) is 18.2 Å². The predicted molar refractivity (Wildman–Crippen MR) is 53.3 cm³/mol. The Balaban J connectivity index is 2.66. The van der Waals surface area contributed by atoms with Crippen molar-refractivity contribution in [2.24, 2.45) is 4.99 Å². The third kappa shape index (κ3) is 1.59. The summed E-state index contributed by atoms with van der Waals surface area (Å²) in [7, 11) is 0. The molecule has 1 nitrogen and oxygen atoms in total. The number of thioether (sulfide) groups is 1. The molecule has 0 unspecified atom stereocenters. The van der Waals surface area contributed by atoms with Gasteiger partial charge in [0.05, 0.1) is 11.9 Å². The summed E-state index contributed by atoms with van der Waals surface area (Å²) in [4.78, 5) is 4.42. The normalized spacial score (nSPS) is 23.3. The first-order valence-corrected chi connectivity index (χ1v) is 4.81. The summed E-state index contributed by atoms with van der Waals surface area (Å²) in [5.41, 5.74) is 0. The molecule has 1 aliphatic rings. The zero-order valence-corrected chi connectivity index (χ0v) is 7.42. The van der Waals surface area contributed by atoms with E-state index in [1.165, 1.54) is 5.22 Å². The largest absolute Gasteiger partial charge is 0.281 e. The molecule has 0 atom stereocenters. The highest BCUT2D eigenvalue weighted by Crippen LogP contribution is 2.02. The van der Waals surface area contributed by atoms with Crippen molar-refractivity contribution in [3.8, 4) is 0 Å². The van der Waals surface area contributed by atoms with Crippen LogP contribution in [-0.2, 0) is 0 Å². The fourth-order valence-corrected chi connectivity index (χ4v) is 1.72. The molecule has 1 aromatic carbocycles. The van der Waals surface area contributed by atoms with E-state index in [1.54, 1.807) is 11.8 Å². The van der Waals surface area contributed by atoms with Crippen molar-refractivity contribution >= 4 is 17.2 Å². The smallest absolute Gasteiger partial charge is 0.0655 e. The van der Waals surface area contributed by atoms with Crippen molar-refractivity contribution < 1.29 is 0 Å². The SMILES string of the molecule is C1=C\S/C=c2/cccc/c2=N/C/1. The van der Waals surface area contributed by atoms with Crippen molar-refractivity contribution in [2.45, 2.75) is 0 Å². The van der Waals surface area contributed by atoms with E-state index < -0.39 is 0 Å². The van der Waals surface area contributed by atoms with Crippen LogP contribution in [-0.4, -0.2) is 6.54 Å². The molecule has 2 heteroatoms. The van der Waals surface area contributed by atoms with Crippen LogP contribution in [0.15, 0.2) is 40.7 Å². The average molecular weight is 175 g/mol. The van der Waals surface area contributed by atoms with Gasteiger partial charge in [-0.25, -0.2) is 0 Å². The van der Waals surface area contributed by atoms with E-state index in [0.29, 0.717) is 0 Å². The topological polar surface area (TPSA) is 12.4 Å². The van der Waals surface area contributed by atoms with E-state index in [-0.39, 0.29) is 0 Å². The molecule has 0 aromatic heterocycles. The summed E-state index contributed by atoms with van der Waals surface area (Å²) in [5, 5.41) is 6.50. The molecule has 12 heavy (non-hydrogen) atoms. The molecule has 0 spiro atoms. The Morgan fingerprint density at radius 1 is 1.25 bits per heavy atom. The third-order valence-corrected chi connectivity index (χ3v) is 2.41. The van der Waals surface area contributed by atoms with Crippen LogP contribution in [0.25, 0.3) is 5.41 Å². The fourth-order valence-electron chi connectivity index (χ4n) is 1.09. The quantitative estimate of drug-likeness (QED) is 0.579. The fraction of sp³-hybridized carbons (Fsp3) is 0.100. The molecule has 0 saturated heterocycles. The van der Waals surface area contributed by atoms with Crippen LogP contribution in [0.5, 0.6) is 0 Å². The van der Waals surface area contributed by atoms with E-state index in [9.17, 15) is 0 Å². The molecular weight excluding hydrogens is 166 g/mol. The van der Waals surface area contributed by atoms with E-state index in [2.05, 4.69) is 28.0 Å². The number of nitrogens with zero attached hydrogens (tertiary/aromatic N) is 1. The minimum atomic E-state index is 0.790. The summed E-state index contributed by atoms with van der Waals surface area (Å²) >= 11 is 1.71. The van der Waals surface area contributed by atoms with Gasteiger partial charge in [0.2, 0.25) is 0 Å². The van der Waals surface area contributed by atoms with Gasteiger partial charge < -0.3 is 0 Å². The second-order valence-corrected chi connectivity index (χ2v) is 3.31. The lowest BCUT2D eigenvalue weighted by Crippen LogP contribution is -2.24. The Morgan fingerprint density at radius 3 is 3.17 bits per heavy atom. The third-order valence-electron chi connectivity index (χ3n) is 1.67. The summed E-state index contributed by atoms with van der Waals surface area (Å²) in [6.45, 7) is 0.790. The maximum absolute atomic E-state index is 4.42. The molecule has 0 radical (unpaired) electrons. The van der Waals surface area contributed by atoms with Crippen LogP contribution in [0, 0.1) is 0 Å². The zero-order valence-electron chi connectivity index (χ0n) is 6.60. The molecule has 60 valence electrons. The highest BCUT2D eigenvalue weighted by Gasteiger charge is 1.86. The molecule has 1 aromatic rings. The Bertz CT molecular complexity index is 367. The van der Waals surface area contributed by atoms with Crippen LogP contribution in [0.2, 0.25) is 0 Å². The summed E-state index contributed by atoms with van der Waals surface area (Å²) in [6, 6.07) is 8.19. The van der Waals surface area contributed by atoms with E-state index in [0.717, 1.165) is 11.9 Å². The first kappa shape index (κ1) is 7.62. The van der Waals surface area contributed by atoms with Gasteiger partial charge in [-0.05, 0) is 16.9 Å². The van der Waals surface area contributed by atoms with Gasteiger partial charge in [0.25, 0.3) is 0 Å². The average Bonchev–Trinajstić information content (AvgIpc) is 2.06. The Labute approximate surface area is 75.5 Å².